The van der Waals surface area contributed by atoms with Crippen LogP contribution in [0, 0.1) is 10.6 Å². The maximum atomic E-state index is 14.9. The van der Waals surface area contributed by atoms with Crippen molar-refractivity contribution in [1.82, 2.24) is 9.78 Å². The number of nitrogens with zero attached hydrogens (tertiary/aromatic N) is 2. The van der Waals surface area contributed by atoms with Gasteiger partial charge in [-0.25, -0.2) is 27.6 Å². The zero-order chi connectivity index (χ0) is 22.3. The molecule has 0 radical (unpaired) electrons. The van der Waals surface area contributed by atoms with Gasteiger partial charge >= 0.3 is 0 Å². The van der Waals surface area contributed by atoms with Crippen LogP contribution in [0.5, 0.6) is 5.88 Å². The number of aromatic nitrogens is 2. The Bertz CT molecular complexity index is 1240. The largest absolute Gasteiger partial charge is 0.461 e. The molecule has 4 N–H and O–H groups in total. The third-order valence-corrected chi connectivity index (χ3v) is 7.42. The number of nitrogens with two attached hydrogens (primary N) is 1. The summed E-state index contributed by atoms with van der Waals surface area (Å²) in [6.45, 7) is 3.45. The number of carbonyl (C=O) groups excluding carboxylic acids is 1. The van der Waals surface area contributed by atoms with E-state index in [0.29, 0.717) is 35.2 Å². The molecule has 0 fully saturated rings. The standard InChI is InChI=1S/C20H23F2N5O3S/c1-20(2)17(30-19-14(31(23,24)29)8-25-27(19)20)18(28)26-16-11-5-3-4-10(11)15(22)12-6-9(21)7-13(12)16/h8-9,17H,3-7H2,1-2H3,(H,26,28)(H3,23,24,29)/t9-,17?/m1/s1. The lowest BCUT2D eigenvalue weighted by Crippen LogP contribution is -2.45. The lowest BCUT2D eigenvalue weighted by atomic mass is 9.95. The molecule has 1 amide bonds. The lowest BCUT2D eigenvalue weighted by Gasteiger charge is -2.26. The predicted molar refractivity (Wildman–Crippen MR) is 109 cm³/mol. The fourth-order valence-electron chi connectivity index (χ4n) is 4.99. The van der Waals surface area contributed by atoms with Gasteiger partial charge in [0.25, 0.3) is 5.91 Å². The van der Waals surface area contributed by atoms with Crippen molar-refractivity contribution in [3.63, 3.8) is 0 Å². The predicted octanol–water partition coefficient (Wildman–Crippen LogP) is 2.36. The number of halogens is 2. The Labute approximate surface area is 178 Å². The summed E-state index contributed by atoms with van der Waals surface area (Å²) in [6.07, 6.45) is 0.992. The second-order valence-corrected chi connectivity index (χ2v) is 10.6. The van der Waals surface area contributed by atoms with E-state index in [2.05, 4.69) is 10.4 Å². The van der Waals surface area contributed by atoms with Crippen LogP contribution < -0.4 is 15.2 Å². The Balaban J connectivity index is 1.52. The van der Waals surface area contributed by atoms with E-state index in [1.165, 1.54) is 10.9 Å². The van der Waals surface area contributed by atoms with Gasteiger partial charge in [0.1, 0.15) is 32.3 Å². The topological polar surface area (TPSA) is 123 Å². The molecule has 0 saturated heterocycles. The smallest absolute Gasteiger partial charge is 0.268 e. The number of alkyl halides is 1. The molecule has 3 atom stereocenters. The molecule has 5 rings (SSSR count). The molecule has 1 aromatic heterocycles. The van der Waals surface area contributed by atoms with Gasteiger partial charge in [-0.3, -0.25) is 4.79 Å². The Morgan fingerprint density at radius 2 is 2.00 bits per heavy atom. The molecule has 31 heavy (non-hydrogen) atoms. The van der Waals surface area contributed by atoms with Crippen LogP contribution in [0.3, 0.4) is 0 Å². The van der Waals surface area contributed by atoms with Gasteiger partial charge in [0.05, 0.1) is 6.20 Å². The monoisotopic (exact) mass is 451 g/mol. The number of hydrogen-bond donors (Lipinski definition) is 3. The minimum Gasteiger partial charge on any atom is -0.461 e. The summed E-state index contributed by atoms with van der Waals surface area (Å²) in [5.41, 5.74) is 1.68. The third-order valence-electron chi connectivity index (χ3n) is 6.49. The summed E-state index contributed by atoms with van der Waals surface area (Å²) in [5, 5.41) is 12.5. The average Bonchev–Trinajstić information content (AvgIpc) is 3.41. The van der Waals surface area contributed by atoms with E-state index < -0.39 is 33.6 Å². The zero-order valence-corrected chi connectivity index (χ0v) is 17.9. The van der Waals surface area contributed by atoms with Gasteiger partial charge in [-0.2, -0.15) is 5.10 Å². The molecular formula is C20H23F2N5O3S. The summed E-state index contributed by atoms with van der Waals surface area (Å²) in [4.78, 5) is 13.2. The average molecular weight is 451 g/mol. The fourth-order valence-corrected chi connectivity index (χ4v) is 5.59. The molecule has 11 heteroatoms. The Morgan fingerprint density at radius 3 is 2.71 bits per heavy atom. The van der Waals surface area contributed by atoms with Crippen LogP contribution in [0.2, 0.25) is 0 Å². The second-order valence-electron chi connectivity index (χ2n) is 8.93. The van der Waals surface area contributed by atoms with E-state index in [1.807, 2.05) is 0 Å². The molecule has 0 saturated carbocycles. The van der Waals surface area contributed by atoms with Crippen LogP contribution in [0.4, 0.5) is 14.5 Å². The highest BCUT2D eigenvalue weighted by Crippen LogP contribution is 2.43. The third kappa shape index (κ3) is 2.89. The van der Waals surface area contributed by atoms with E-state index in [0.717, 1.165) is 12.0 Å². The first kappa shape index (κ1) is 20.4. The van der Waals surface area contributed by atoms with E-state index in [9.17, 15) is 17.8 Å². The number of rotatable bonds is 3. The number of anilines is 1. The Morgan fingerprint density at radius 1 is 1.32 bits per heavy atom. The first-order valence-corrected chi connectivity index (χ1v) is 11.7. The lowest BCUT2D eigenvalue weighted by molar-refractivity contribution is -0.124. The molecular weight excluding hydrogens is 428 g/mol. The molecule has 3 aliphatic rings. The molecule has 166 valence electrons. The van der Waals surface area contributed by atoms with Crippen LogP contribution in [-0.4, -0.2) is 32.2 Å². The quantitative estimate of drug-likeness (QED) is 0.663. The van der Waals surface area contributed by atoms with Crippen molar-refractivity contribution in [1.29, 1.82) is 4.78 Å². The molecule has 2 heterocycles. The molecule has 0 bridgehead atoms. The first-order valence-electron chi connectivity index (χ1n) is 10.1. The summed E-state index contributed by atoms with van der Waals surface area (Å²) in [5.74, 6) is -0.817. The van der Waals surface area contributed by atoms with Crippen LogP contribution in [-0.2, 0) is 45.9 Å². The van der Waals surface area contributed by atoms with E-state index in [-0.39, 0.29) is 29.4 Å². The van der Waals surface area contributed by atoms with Crippen LogP contribution >= 0.6 is 0 Å². The van der Waals surface area contributed by atoms with Crippen LogP contribution in [0.1, 0.15) is 42.5 Å². The van der Waals surface area contributed by atoms with E-state index >= 15 is 0 Å². The van der Waals surface area contributed by atoms with Crippen molar-refractivity contribution in [2.45, 2.75) is 68.7 Å². The highest BCUT2D eigenvalue weighted by atomic mass is 32.2. The molecule has 2 aliphatic carbocycles. The van der Waals surface area contributed by atoms with Crippen molar-refractivity contribution < 1.29 is 22.5 Å². The number of carbonyl (C=O) groups is 1. The van der Waals surface area contributed by atoms with Crippen molar-refractivity contribution in [3.05, 3.63) is 34.3 Å². The van der Waals surface area contributed by atoms with Crippen molar-refractivity contribution >= 4 is 21.5 Å². The van der Waals surface area contributed by atoms with Gasteiger partial charge in [0.15, 0.2) is 0 Å². The molecule has 1 aliphatic heterocycles. The molecule has 2 aromatic rings. The van der Waals surface area contributed by atoms with Gasteiger partial charge in [0.2, 0.25) is 12.0 Å². The number of ether oxygens (including phenoxy) is 1. The second kappa shape index (κ2) is 6.49. The highest BCUT2D eigenvalue weighted by Gasteiger charge is 2.49. The number of hydrogen-bond acceptors (Lipinski definition) is 5. The Hall–Kier alpha value is -2.53. The van der Waals surface area contributed by atoms with Crippen LogP contribution in [0.25, 0.3) is 0 Å². The van der Waals surface area contributed by atoms with Crippen LogP contribution in [0.15, 0.2) is 11.1 Å². The summed E-state index contributed by atoms with van der Waals surface area (Å²) >= 11 is 0. The number of fused-ring (bicyclic) bond motifs is 3. The van der Waals surface area contributed by atoms with Crippen molar-refractivity contribution in [2.75, 3.05) is 5.32 Å². The summed E-state index contributed by atoms with van der Waals surface area (Å²) in [6, 6.07) is 0. The number of amides is 1. The number of nitrogens with one attached hydrogen (secondary N) is 2. The summed E-state index contributed by atoms with van der Waals surface area (Å²) in [7, 11) is -3.59. The van der Waals surface area contributed by atoms with Gasteiger partial charge in [0, 0.05) is 18.5 Å². The van der Waals surface area contributed by atoms with Gasteiger partial charge < -0.3 is 10.1 Å². The van der Waals surface area contributed by atoms with Crippen molar-refractivity contribution in [2.24, 2.45) is 5.14 Å². The highest BCUT2D eigenvalue weighted by molar-refractivity contribution is 7.90. The maximum absolute atomic E-state index is 14.9. The molecule has 2 unspecified atom stereocenters. The van der Waals surface area contributed by atoms with Gasteiger partial charge in [-0.15, -0.1) is 0 Å². The van der Waals surface area contributed by atoms with Crippen molar-refractivity contribution in [3.8, 4) is 5.88 Å². The molecule has 8 nitrogen and oxygen atoms in total. The van der Waals surface area contributed by atoms with E-state index in [4.69, 9.17) is 14.7 Å². The zero-order valence-electron chi connectivity index (χ0n) is 17.1. The molecule has 0 spiro atoms. The number of benzene rings is 1. The van der Waals surface area contributed by atoms with E-state index in [1.54, 1.807) is 13.8 Å². The Kier molecular flexibility index (Phi) is 4.26. The first-order chi connectivity index (χ1) is 14.5. The SMILES string of the molecule is CC1(C)C(C(=O)Nc2c3c(c(F)c4c2C[C@H](F)C4)CCC3)Oc2c(S(=N)(N)=O)cnn21. The van der Waals surface area contributed by atoms with Gasteiger partial charge in [-0.05, 0) is 55.4 Å². The normalized spacial score (nSPS) is 24.8. The minimum absolute atomic E-state index is 0.00976. The van der Waals surface area contributed by atoms with Gasteiger partial charge in [-0.1, -0.05) is 0 Å². The minimum atomic E-state index is -3.59. The fraction of sp³-hybridized carbons (Fsp3) is 0.500. The molecule has 1 aromatic carbocycles. The summed E-state index contributed by atoms with van der Waals surface area (Å²) < 4.78 is 55.9. The maximum Gasteiger partial charge on any atom is 0.268 e.